The zero-order valence-electron chi connectivity index (χ0n) is 22.6. The normalized spacial score (nSPS) is 16.2. The molecule has 38 heavy (non-hydrogen) atoms. The molecule has 2 saturated carbocycles. The highest BCUT2D eigenvalue weighted by Gasteiger charge is 2.27. The van der Waals surface area contributed by atoms with Crippen molar-refractivity contribution in [2.24, 2.45) is 5.92 Å². The lowest BCUT2D eigenvalue weighted by Crippen LogP contribution is -2.34. The van der Waals surface area contributed by atoms with E-state index >= 15 is 0 Å². The van der Waals surface area contributed by atoms with Gasteiger partial charge in [-0.05, 0) is 76.1 Å². The van der Waals surface area contributed by atoms with Crippen molar-refractivity contribution in [3.8, 4) is 11.4 Å². The molecule has 0 aliphatic heterocycles. The maximum atomic E-state index is 13.6. The predicted octanol–water partition coefficient (Wildman–Crippen LogP) is 5.74. The number of ether oxygens (including phenoxy) is 1. The minimum atomic E-state index is -0.616. The predicted molar refractivity (Wildman–Crippen MR) is 150 cm³/mol. The van der Waals surface area contributed by atoms with Gasteiger partial charge in [-0.15, -0.1) is 0 Å². The van der Waals surface area contributed by atoms with Crippen LogP contribution in [0.1, 0.15) is 80.3 Å². The second kappa shape index (κ2) is 11.0. The molecule has 2 aromatic carbocycles. The highest BCUT2D eigenvalue weighted by Crippen LogP contribution is 2.33. The largest absolute Gasteiger partial charge is 0.493 e. The maximum Gasteiger partial charge on any atom is 0.297 e. The molecule has 200 valence electrons. The summed E-state index contributed by atoms with van der Waals surface area (Å²) in [6.07, 6.45) is 11.6. The lowest BCUT2D eigenvalue weighted by Gasteiger charge is -2.30. The molecule has 2 aliphatic rings. The number of rotatable bonds is 9. The number of carbonyl (C=O) groups is 1. The molecule has 0 atom stereocenters. The topological polar surface area (TPSA) is 85.2 Å². The van der Waals surface area contributed by atoms with E-state index in [4.69, 9.17) is 4.74 Å². The summed E-state index contributed by atoms with van der Waals surface area (Å²) in [6, 6.07) is 13.7. The zero-order valence-corrected chi connectivity index (χ0v) is 22.6. The summed E-state index contributed by atoms with van der Waals surface area (Å²) in [5, 5.41) is 6.40. The molecule has 7 nitrogen and oxygen atoms in total. The number of hydrogen-bond acceptors (Lipinski definition) is 5. The molecule has 7 heteroatoms. The first-order valence-electron chi connectivity index (χ1n) is 13.8. The molecule has 1 amide bonds. The Bertz CT molecular complexity index is 1350. The van der Waals surface area contributed by atoms with Gasteiger partial charge in [0.25, 0.3) is 11.5 Å². The first-order valence-corrected chi connectivity index (χ1v) is 13.8. The van der Waals surface area contributed by atoms with E-state index in [2.05, 4.69) is 15.6 Å². The number of benzene rings is 2. The van der Waals surface area contributed by atoms with Crippen LogP contribution in [0.15, 0.2) is 59.7 Å². The van der Waals surface area contributed by atoms with Gasteiger partial charge in [0.2, 0.25) is 0 Å². The molecule has 0 spiro atoms. The molecule has 1 heterocycles. The zero-order chi connectivity index (χ0) is 26.7. The quantitative estimate of drug-likeness (QED) is 0.380. The SMILES string of the molecule is Cc1ccc(C(=O)NC2CC2)cc1-n1ccnc(NC(C)(C)c2ccccc2OCC2CCCCC2)c1=O. The molecule has 0 saturated heterocycles. The highest BCUT2D eigenvalue weighted by atomic mass is 16.5. The summed E-state index contributed by atoms with van der Waals surface area (Å²) in [5.41, 5.74) is 2.19. The Balaban J connectivity index is 1.39. The van der Waals surface area contributed by atoms with Gasteiger partial charge < -0.3 is 15.4 Å². The van der Waals surface area contributed by atoms with Gasteiger partial charge in [0.15, 0.2) is 5.82 Å². The van der Waals surface area contributed by atoms with Crippen molar-refractivity contribution in [2.75, 3.05) is 11.9 Å². The van der Waals surface area contributed by atoms with Gasteiger partial charge in [0, 0.05) is 29.6 Å². The molecule has 2 aliphatic carbocycles. The number of anilines is 1. The number of aromatic nitrogens is 2. The van der Waals surface area contributed by atoms with Crippen molar-refractivity contribution in [1.29, 1.82) is 0 Å². The minimum Gasteiger partial charge on any atom is -0.493 e. The monoisotopic (exact) mass is 514 g/mol. The van der Waals surface area contributed by atoms with Crippen LogP contribution in [0.4, 0.5) is 5.82 Å². The number of para-hydroxylation sites is 1. The first kappa shape index (κ1) is 26.0. The molecule has 1 aromatic heterocycles. The van der Waals surface area contributed by atoms with Gasteiger partial charge in [-0.3, -0.25) is 14.2 Å². The van der Waals surface area contributed by atoms with Crippen LogP contribution in [-0.4, -0.2) is 28.1 Å². The van der Waals surface area contributed by atoms with Gasteiger partial charge in [-0.2, -0.15) is 0 Å². The van der Waals surface area contributed by atoms with Crippen molar-refractivity contribution >= 4 is 11.7 Å². The Morgan fingerprint density at radius 3 is 2.61 bits per heavy atom. The number of aryl methyl sites for hydroxylation is 1. The van der Waals surface area contributed by atoms with Gasteiger partial charge in [0.05, 0.1) is 17.8 Å². The van der Waals surface area contributed by atoms with Gasteiger partial charge >= 0.3 is 0 Å². The Morgan fingerprint density at radius 2 is 1.84 bits per heavy atom. The van der Waals surface area contributed by atoms with E-state index < -0.39 is 5.54 Å². The third kappa shape index (κ3) is 5.93. The molecule has 0 radical (unpaired) electrons. The third-order valence-electron chi connectivity index (χ3n) is 7.67. The first-order chi connectivity index (χ1) is 18.3. The number of nitrogens with zero attached hydrogens (tertiary/aromatic N) is 2. The summed E-state index contributed by atoms with van der Waals surface area (Å²) >= 11 is 0. The lowest BCUT2D eigenvalue weighted by molar-refractivity contribution is 0.0951. The fourth-order valence-electron chi connectivity index (χ4n) is 5.23. The molecule has 2 N–H and O–H groups in total. The Morgan fingerprint density at radius 1 is 1.08 bits per heavy atom. The van der Waals surface area contributed by atoms with Crippen LogP contribution in [-0.2, 0) is 5.54 Å². The van der Waals surface area contributed by atoms with Crippen molar-refractivity contribution in [3.63, 3.8) is 0 Å². The third-order valence-corrected chi connectivity index (χ3v) is 7.67. The minimum absolute atomic E-state index is 0.111. The van der Waals surface area contributed by atoms with Crippen molar-refractivity contribution in [3.05, 3.63) is 81.9 Å². The highest BCUT2D eigenvalue weighted by molar-refractivity contribution is 5.95. The van der Waals surface area contributed by atoms with Crippen LogP contribution in [0.5, 0.6) is 5.75 Å². The van der Waals surface area contributed by atoms with E-state index in [0.717, 1.165) is 29.7 Å². The van der Waals surface area contributed by atoms with Crippen LogP contribution in [0.2, 0.25) is 0 Å². The van der Waals surface area contributed by atoms with E-state index in [1.165, 1.54) is 32.1 Å². The molecular formula is C31H38N4O3. The maximum absolute atomic E-state index is 13.6. The van der Waals surface area contributed by atoms with Gasteiger partial charge in [-0.25, -0.2) is 4.98 Å². The Labute approximate surface area is 224 Å². The van der Waals surface area contributed by atoms with E-state index in [9.17, 15) is 9.59 Å². The van der Waals surface area contributed by atoms with Crippen molar-refractivity contribution in [1.82, 2.24) is 14.9 Å². The molecule has 5 rings (SSSR count). The molecular weight excluding hydrogens is 476 g/mol. The number of nitrogens with one attached hydrogen (secondary N) is 2. The fraction of sp³-hybridized carbons (Fsp3) is 0.452. The van der Waals surface area contributed by atoms with Crippen LogP contribution in [0.25, 0.3) is 5.69 Å². The summed E-state index contributed by atoms with van der Waals surface area (Å²) < 4.78 is 7.88. The van der Waals surface area contributed by atoms with E-state index in [0.29, 0.717) is 23.8 Å². The van der Waals surface area contributed by atoms with Gasteiger partial charge in [0.1, 0.15) is 5.75 Å². The molecule has 2 fully saturated rings. The van der Waals surface area contributed by atoms with Crippen LogP contribution in [0, 0.1) is 12.8 Å². The smallest absolute Gasteiger partial charge is 0.297 e. The number of hydrogen-bond donors (Lipinski definition) is 2. The lowest BCUT2D eigenvalue weighted by atomic mass is 9.90. The Kier molecular flexibility index (Phi) is 7.54. The van der Waals surface area contributed by atoms with Crippen molar-refractivity contribution in [2.45, 2.75) is 77.3 Å². The average molecular weight is 515 g/mol. The van der Waals surface area contributed by atoms with Crippen LogP contribution < -0.4 is 20.9 Å². The van der Waals surface area contributed by atoms with Gasteiger partial charge in [-0.1, -0.05) is 43.5 Å². The number of carbonyl (C=O) groups excluding carboxylic acids is 1. The summed E-state index contributed by atoms with van der Waals surface area (Å²) in [5.74, 6) is 1.56. The summed E-state index contributed by atoms with van der Waals surface area (Å²) in [7, 11) is 0. The number of amides is 1. The van der Waals surface area contributed by atoms with E-state index in [-0.39, 0.29) is 23.3 Å². The van der Waals surface area contributed by atoms with Crippen molar-refractivity contribution < 1.29 is 9.53 Å². The second-order valence-electron chi connectivity index (χ2n) is 11.3. The summed E-state index contributed by atoms with van der Waals surface area (Å²) in [6.45, 7) is 6.71. The molecule has 0 bridgehead atoms. The van der Waals surface area contributed by atoms with E-state index in [1.54, 1.807) is 29.1 Å². The second-order valence-corrected chi connectivity index (χ2v) is 11.3. The van der Waals surface area contributed by atoms with Crippen LogP contribution >= 0.6 is 0 Å². The average Bonchev–Trinajstić information content (AvgIpc) is 3.74. The molecule has 3 aromatic rings. The summed E-state index contributed by atoms with van der Waals surface area (Å²) in [4.78, 5) is 30.7. The van der Waals surface area contributed by atoms with Crippen LogP contribution in [0.3, 0.4) is 0 Å². The van der Waals surface area contributed by atoms with E-state index in [1.807, 2.05) is 51.1 Å². The Hall–Kier alpha value is -3.61. The molecule has 0 unspecified atom stereocenters. The fourth-order valence-corrected chi connectivity index (χ4v) is 5.23. The standard InChI is InChI=1S/C31H38N4O3/c1-21-13-14-23(29(36)33-24-15-16-24)19-26(21)35-18-17-32-28(30(35)37)34-31(2,3)25-11-7-8-12-27(25)38-20-22-9-5-4-6-10-22/h7-8,11-14,17-19,22,24H,4-6,9-10,15-16,20H2,1-3H3,(H,32,34)(H,33,36).